The zero-order chi connectivity index (χ0) is 17.9. The molecule has 3 heterocycles. The van der Waals surface area contributed by atoms with Gasteiger partial charge in [-0.3, -0.25) is 4.79 Å². The smallest absolute Gasteiger partial charge is 0.273 e. The molecule has 0 aliphatic carbocycles. The summed E-state index contributed by atoms with van der Waals surface area (Å²) >= 11 is 3.17. The van der Waals surface area contributed by atoms with Crippen LogP contribution in [0.5, 0.6) is 5.75 Å². The number of carbonyl (C=O) groups is 1. The molecule has 0 radical (unpaired) electrons. The Morgan fingerprint density at radius 3 is 2.85 bits per heavy atom. The molecule has 0 N–H and O–H groups in total. The lowest BCUT2D eigenvalue weighted by Crippen LogP contribution is -2.30. The minimum atomic E-state index is 0.0270. The molecule has 26 heavy (non-hydrogen) atoms. The number of hydrogen-bond donors (Lipinski definition) is 0. The van der Waals surface area contributed by atoms with Gasteiger partial charge in [-0.05, 0) is 48.9 Å². The number of aromatic nitrogens is 1. The number of thiophene rings is 1. The van der Waals surface area contributed by atoms with Crippen LogP contribution in [-0.4, -0.2) is 28.9 Å². The van der Waals surface area contributed by atoms with Crippen LogP contribution in [0.1, 0.15) is 41.9 Å². The van der Waals surface area contributed by atoms with Crippen LogP contribution >= 0.6 is 22.7 Å². The van der Waals surface area contributed by atoms with Gasteiger partial charge in [-0.1, -0.05) is 12.1 Å². The average molecular weight is 385 g/mol. The molecule has 1 aromatic carbocycles. The maximum absolute atomic E-state index is 13.0. The monoisotopic (exact) mass is 384 g/mol. The number of hydrogen-bond acceptors (Lipinski definition) is 5. The average Bonchev–Trinajstić information content (AvgIpc) is 3.42. The van der Waals surface area contributed by atoms with Gasteiger partial charge in [0.15, 0.2) is 0 Å². The number of carbonyl (C=O) groups excluding carboxylic acids is 1. The first-order valence-electron chi connectivity index (χ1n) is 8.78. The van der Waals surface area contributed by atoms with Crippen molar-refractivity contribution in [3.8, 4) is 16.3 Å². The van der Waals surface area contributed by atoms with E-state index in [9.17, 15) is 4.79 Å². The van der Waals surface area contributed by atoms with Gasteiger partial charge in [0, 0.05) is 22.9 Å². The maximum atomic E-state index is 13.0. The van der Waals surface area contributed by atoms with Gasteiger partial charge in [-0.25, -0.2) is 4.98 Å². The van der Waals surface area contributed by atoms with Crippen LogP contribution in [0.25, 0.3) is 10.6 Å². The fraction of sp³-hybridized carbons (Fsp3) is 0.300. The zero-order valence-electron chi connectivity index (χ0n) is 14.6. The van der Waals surface area contributed by atoms with E-state index in [0.29, 0.717) is 12.3 Å². The highest BCUT2D eigenvalue weighted by atomic mass is 32.1. The van der Waals surface area contributed by atoms with E-state index in [0.717, 1.165) is 41.3 Å². The van der Waals surface area contributed by atoms with Crippen LogP contribution in [0, 0.1) is 0 Å². The summed E-state index contributed by atoms with van der Waals surface area (Å²) in [5.41, 5.74) is 2.80. The van der Waals surface area contributed by atoms with Crippen LogP contribution in [0.2, 0.25) is 0 Å². The van der Waals surface area contributed by atoms with Crippen LogP contribution in [0.3, 0.4) is 0 Å². The number of rotatable bonds is 5. The molecule has 1 atom stereocenters. The molecule has 2 aromatic heterocycles. The summed E-state index contributed by atoms with van der Waals surface area (Å²) in [4.78, 5) is 19.6. The molecule has 1 saturated heterocycles. The molecule has 4 nitrogen and oxygen atoms in total. The molecule has 0 spiro atoms. The first-order chi connectivity index (χ1) is 12.8. The summed E-state index contributed by atoms with van der Waals surface area (Å²) < 4.78 is 5.52. The number of thiazole rings is 1. The second-order valence-corrected chi connectivity index (χ2v) is 7.85. The molecule has 1 aliphatic heterocycles. The van der Waals surface area contributed by atoms with Gasteiger partial charge in [0.2, 0.25) is 0 Å². The van der Waals surface area contributed by atoms with Gasteiger partial charge in [-0.2, -0.15) is 11.3 Å². The lowest BCUT2D eigenvalue weighted by Gasteiger charge is -2.24. The van der Waals surface area contributed by atoms with Crippen molar-refractivity contribution in [3.05, 3.63) is 57.7 Å². The summed E-state index contributed by atoms with van der Waals surface area (Å²) in [5, 5.41) is 6.88. The Balaban J connectivity index is 1.53. The highest BCUT2D eigenvalue weighted by Gasteiger charge is 2.31. The zero-order valence-corrected chi connectivity index (χ0v) is 16.2. The van der Waals surface area contributed by atoms with Gasteiger partial charge in [0.05, 0.1) is 12.6 Å². The van der Waals surface area contributed by atoms with Crippen molar-refractivity contribution >= 4 is 28.6 Å². The summed E-state index contributed by atoms with van der Waals surface area (Å²) in [6.45, 7) is 3.41. The Bertz CT molecular complexity index is 872. The first kappa shape index (κ1) is 17.2. The Morgan fingerprint density at radius 2 is 2.12 bits per heavy atom. The minimum absolute atomic E-state index is 0.0270. The fourth-order valence-corrected chi connectivity index (χ4v) is 4.85. The Labute approximate surface area is 161 Å². The van der Waals surface area contributed by atoms with E-state index in [1.807, 2.05) is 40.8 Å². The topological polar surface area (TPSA) is 42.4 Å². The molecule has 1 amide bonds. The molecule has 134 valence electrons. The summed E-state index contributed by atoms with van der Waals surface area (Å²) in [7, 11) is 0. The molecule has 4 rings (SSSR count). The second-order valence-electron chi connectivity index (χ2n) is 6.21. The predicted octanol–water partition coefficient (Wildman–Crippen LogP) is 5.25. The summed E-state index contributed by atoms with van der Waals surface area (Å²) in [5.74, 6) is 0.895. The lowest BCUT2D eigenvalue weighted by atomic mass is 10.0. The van der Waals surface area contributed by atoms with Gasteiger partial charge in [0.25, 0.3) is 5.91 Å². The van der Waals surface area contributed by atoms with Gasteiger partial charge < -0.3 is 9.64 Å². The van der Waals surface area contributed by atoms with E-state index in [1.165, 1.54) is 11.3 Å². The second kappa shape index (κ2) is 7.60. The maximum Gasteiger partial charge on any atom is 0.273 e. The van der Waals surface area contributed by atoms with Crippen molar-refractivity contribution in [1.82, 2.24) is 9.88 Å². The van der Waals surface area contributed by atoms with E-state index in [-0.39, 0.29) is 11.9 Å². The Hall–Kier alpha value is -2.18. The molecular formula is C20H20N2O2S2. The van der Waals surface area contributed by atoms with E-state index in [1.54, 1.807) is 11.3 Å². The molecule has 0 bridgehead atoms. The number of benzene rings is 1. The van der Waals surface area contributed by atoms with Crippen LogP contribution in [0.15, 0.2) is 46.5 Å². The number of likely N-dealkylation sites (tertiary alicyclic amines) is 1. The van der Waals surface area contributed by atoms with Gasteiger partial charge in [-0.15, -0.1) is 11.3 Å². The summed E-state index contributed by atoms with van der Waals surface area (Å²) in [6, 6.07) is 10.3. The van der Waals surface area contributed by atoms with Crippen LogP contribution in [-0.2, 0) is 0 Å². The third kappa shape index (κ3) is 3.39. The predicted molar refractivity (Wildman–Crippen MR) is 106 cm³/mol. The first-order valence-corrected chi connectivity index (χ1v) is 10.6. The van der Waals surface area contributed by atoms with Crippen molar-refractivity contribution in [2.24, 2.45) is 0 Å². The quantitative estimate of drug-likeness (QED) is 0.603. The number of ether oxygens (including phenoxy) is 1. The molecule has 6 heteroatoms. The van der Waals surface area contributed by atoms with Gasteiger partial charge in [0.1, 0.15) is 16.5 Å². The lowest BCUT2D eigenvalue weighted by molar-refractivity contribution is 0.0730. The number of amides is 1. The third-order valence-electron chi connectivity index (χ3n) is 4.58. The van der Waals surface area contributed by atoms with E-state index in [4.69, 9.17) is 4.74 Å². The van der Waals surface area contributed by atoms with E-state index >= 15 is 0 Å². The largest absolute Gasteiger partial charge is 0.494 e. The molecule has 0 saturated carbocycles. The summed E-state index contributed by atoms with van der Waals surface area (Å²) in [6.07, 6.45) is 2.01. The van der Waals surface area contributed by atoms with Crippen molar-refractivity contribution in [3.63, 3.8) is 0 Å². The minimum Gasteiger partial charge on any atom is -0.494 e. The highest BCUT2D eigenvalue weighted by Crippen LogP contribution is 2.35. The van der Waals surface area contributed by atoms with Gasteiger partial charge >= 0.3 is 0 Å². The van der Waals surface area contributed by atoms with Crippen molar-refractivity contribution in [2.45, 2.75) is 25.8 Å². The molecule has 3 aromatic rings. The Kier molecular flexibility index (Phi) is 5.04. The highest BCUT2D eigenvalue weighted by molar-refractivity contribution is 7.14. The van der Waals surface area contributed by atoms with Crippen LogP contribution in [0.4, 0.5) is 0 Å². The normalized spacial score (nSPS) is 16.8. The standard InChI is InChI=1S/C20H20N2O2S2/c1-2-24-16-7-5-14(6-8-16)18-4-3-10-22(18)20(23)17-13-26-19(21-17)15-9-11-25-12-15/h5-9,11-13,18H,2-4,10H2,1H3/t18-/m0/s1. The van der Waals surface area contributed by atoms with Crippen molar-refractivity contribution in [2.75, 3.05) is 13.2 Å². The molecule has 0 unspecified atom stereocenters. The van der Waals surface area contributed by atoms with Crippen molar-refractivity contribution in [1.29, 1.82) is 0 Å². The Morgan fingerprint density at radius 1 is 1.27 bits per heavy atom. The third-order valence-corrected chi connectivity index (χ3v) is 6.16. The van der Waals surface area contributed by atoms with E-state index < -0.39 is 0 Å². The molecular weight excluding hydrogens is 364 g/mol. The van der Waals surface area contributed by atoms with Crippen molar-refractivity contribution < 1.29 is 9.53 Å². The molecule has 1 fully saturated rings. The van der Waals surface area contributed by atoms with Crippen LogP contribution < -0.4 is 4.74 Å². The molecule has 1 aliphatic rings. The fourth-order valence-electron chi connectivity index (χ4n) is 3.35. The SMILES string of the molecule is CCOc1ccc([C@@H]2CCCN2C(=O)c2csc(-c3ccsc3)n2)cc1. The van der Waals surface area contributed by atoms with E-state index in [2.05, 4.69) is 22.5 Å². The number of nitrogens with zero attached hydrogens (tertiary/aromatic N) is 2.